The molecule has 2 rings (SSSR count). The van der Waals surface area contributed by atoms with Crippen molar-refractivity contribution in [2.75, 3.05) is 40.5 Å². The number of thiazole rings is 1. The first-order chi connectivity index (χ1) is 14.6. The van der Waals surface area contributed by atoms with Crippen molar-refractivity contribution in [3.8, 4) is 11.5 Å². The van der Waals surface area contributed by atoms with Crippen LogP contribution >= 0.6 is 11.3 Å². The number of halogens is 1. The van der Waals surface area contributed by atoms with Crippen LogP contribution in [-0.2, 0) is 16.1 Å². The number of hydrogen-bond acceptors (Lipinski definition) is 7. The molecule has 1 amide bonds. The van der Waals surface area contributed by atoms with E-state index in [9.17, 15) is 4.79 Å². The van der Waals surface area contributed by atoms with Gasteiger partial charge in [0.2, 0.25) is 0 Å². The summed E-state index contributed by atoms with van der Waals surface area (Å²) in [6, 6.07) is 3.79. The van der Waals surface area contributed by atoms with Gasteiger partial charge in [-0.3, -0.25) is 0 Å². The second-order valence-corrected chi connectivity index (χ2v) is 9.51. The minimum absolute atomic E-state index is 0. The first-order valence-electron chi connectivity index (χ1n) is 10.6. The molecule has 182 valence electrons. The molecule has 1 N–H and O–H groups in total. The summed E-state index contributed by atoms with van der Waals surface area (Å²) in [6.07, 6.45) is 0.313. The SMILES string of the molecule is CC[N+](C)(CC)OCCCOc1cc2nc(CNC(=O)OC(C)(C)C)sc2cc1OC.[I-]. The van der Waals surface area contributed by atoms with Gasteiger partial charge in [-0.15, -0.1) is 11.3 Å². The van der Waals surface area contributed by atoms with Crippen LogP contribution in [0, 0.1) is 0 Å². The van der Waals surface area contributed by atoms with Gasteiger partial charge in [0, 0.05) is 18.6 Å². The van der Waals surface area contributed by atoms with Gasteiger partial charge in [-0.25, -0.2) is 14.6 Å². The molecule has 10 heteroatoms. The summed E-state index contributed by atoms with van der Waals surface area (Å²) in [5.41, 5.74) is 0.270. The molecule has 0 aliphatic heterocycles. The number of nitrogens with zero attached hydrogens (tertiary/aromatic N) is 2. The number of hydroxylamine groups is 3. The second-order valence-electron chi connectivity index (χ2n) is 8.40. The summed E-state index contributed by atoms with van der Waals surface area (Å²) in [6.45, 7) is 13.0. The van der Waals surface area contributed by atoms with Crippen molar-refractivity contribution in [1.29, 1.82) is 0 Å². The second kappa shape index (κ2) is 12.8. The van der Waals surface area contributed by atoms with Crippen molar-refractivity contribution in [1.82, 2.24) is 10.3 Å². The van der Waals surface area contributed by atoms with E-state index in [2.05, 4.69) is 31.2 Å². The van der Waals surface area contributed by atoms with Crippen LogP contribution in [0.5, 0.6) is 11.5 Å². The Labute approximate surface area is 212 Å². The number of fused-ring (bicyclic) bond motifs is 1. The van der Waals surface area contributed by atoms with Gasteiger partial charge in [-0.2, -0.15) is 4.65 Å². The largest absolute Gasteiger partial charge is 1.00 e. The van der Waals surface area contributed by atoms with E-state index in [1.807, 2.05) is 32.9 Å². The molecule has 1 aromatic carbocycles. The zero-order valence-electron chi connectivity index (χ0n) is 20.1. The van der Waals surface area contributed by atoms with Crippen LogP contribution in [0.3, 0.4) is 0 Å². The predicted octanol–water partition coefficient (Wildman–Crippen LogP) is 1.52. The molecule has 0 atom stereocenters. The average Bonchev–Trinajstić information content (AvgIpc) is 3.11. The van der Waals surface area contributed by atoms with Crippen molar-refractivity contribution >= 4 is 27.6 Å². The lowest BCUT2D eigenvalue weighted by Gasteiger charge is -2.28. The molecule has 0 aliphatic rings. The Kier molecular flexibility index (Phi) is 11.4. The highest BCUT2D eigenvalue weighted by Gasteiger charge is 2.18. The summed E-state index contributed by atoms with van der Waals surface area (Å²) in [4.78, 5) is 22.4. The third kappa shape index (κ3) is 8.87. The van der Waals surface area contributed by atoms with E-state index in [0.717, 1.165) is 34.7 Å². The van der Waals surface area contributed by atoms with Gasteiger partial charge >= 0.3 is 6.09 Å². The minimum Gasteiger partial charge on any atom is -1.00 e. The van der Waals surface area contributed by atoms with Crippen LogP contribution in [0.4, 0.5) is 4.79 Å². The zero-order chi connectivity index (χ0) is 23.1. The molecule has 8 nitrogen and oxygen atoms in total. The van der Waals surface area contributed by atoms with Crippen molar-refractivity contribution < 1.29 is 52.5 Å². The lowest BCUT2D eigenvalue weighted by molar-refractivity contribution is -1.09. The van der Waals surface area contributed by atoms with Crippen LogP contribution in [0.2, 0.25) is 0 Å². The monoisotopic (exact) mass is 581 g/mol. The molecule has 0 saturated carbocycles. The Morgan fingerprint density at radius 3 is 2.44 bits per heavy atom. The highest BCUT2D eigenvalue weighted by molar-refractivity contribution is 7.18. The number of quaternary nitrogens is 1. The maximum Gasteiger partial charge on any atom is 0.408 e. The highest BCUT2D eigenvalue weighted by atomic mass is 127. The summed E-state index contributed by atoms with van der Waals surface area (Å²) in [7, 11) is 3.70. The lowest BCUT2D eigenvalue weighted by atomic mass is 10.2. The maximum absolute atomic E-state index is 11.9. The van der Waals surface area contributed by atoms with E-state index in [1.165, 1.54) is 11.3 Å². The molecule has 0 aliphatic carbocycles. The van der Waals surface area contributed by atoms with Crippen LogP contribution in [0.15, 0.2) is 12.1 Å². The normalized spacial score (nSPS) is 11.7. The number of hydrogen-bond donors (Lipinski definition) is 1. The third-order valence-corrected chi connectivity index (χ3v) is 5.81. The number of amides is 1. The number of ether oxygens (including phenoxy) is 3. The molecule has 2 aromatic rings. The van der Waals surface area contributed by atoms with E-state index >= 15 is 0 Å². The van der Waals surface area contributed by atoms with Crippen molar-refractivity contribution in [2.45, 2.75) is 53.2 Å². The Balaban J connectivity index is 0.00000512. The van der Waals surface area contributed by atoms with Crippen LogP contribution in [-0.4, -0.2) is 61.8 Å². The van der Waals surface area contributed by atoms with Gasteiger partial charge in [-0.1, -0.05) is 0 Å². The molecule has 32 heavy (non-hydrogen) atoms. The molecule has 1 heterocycles. The fraction of sp³-hybridized carbons (Fsp3) is 0.636. The summed E-state index contributed by atoms with van der Waals surface area (Å²) in [5, 5.41) is 3.52. The zero-order valence-corrected chi connectivity index (χ0v) is 23.1. The van der Waals surface area contributed by atoms with Gasteiger partial charge in [0.1, 0.15) is 30.3 Å². The number of aromatic nitrogens is 1. The number of rotatable bonds is 11. The van der Waals surface area contributed by atoms with Gasteiger partial charge in [0.25, 0.3) is 0 Å². The molecule has 0 bridgehead atoms. The quantitative estimate of drug-likeness (QED) is 0.188. The van der Waals surface area contributed by atoms with Gasteiger partial charge in [0.15, 0.2) is 11.5 Å². The smallest absolute Gasteiger partial charge is 0.408 e. The standard InChI is InChI=1S/C22H35N3O5S.HI/c1-8-25(6,9-2)29-12-10-11-28-18-13-16-19(14-17(18)27-7)31-20(24-16)15-23-21(26)30-22(3,4)5;/h13-14H,8-12,15H2,1-7H3;1H. The topological polar surface area (TPSA) is 78.9 Å². The van der Waals surface area contributed by atoms with E-state index in [-0.39, 0.29) is 24.0 Å². The van der Waals surface area contributed by atoms with Crippen molar-refractivity contribution in [2.24, 2.45) is 0 Å². The van der Waals surface area contributed by atoms with E-state index in [1.54, 1.807) is 7.11 Å². The first kappa shape index (κ1) is 28.7. The number of alkyl carbamates (subject to hydrolysis) is 1. The fourth-order valence-corrected chi connectivity index (χ4v) is 3.64. The van der Waals surface area contributed by atoms with Crippen molar-refractivity contribution in [3.05, 3.63) is 17.1 Å². The third-order valence-electron chi connectivity index (χ3n) is 4.79. The lowest BCUT2D eigenvalue weighted by Crippen LogP contribution is -3.00. The van der Waals surface area contributed by atoms with Crippen LogP contribution in [0.1, 0.15) is 46.0 Å². The van der Waals surface area contributed by atoms with Crippen molar-refractivity contribution in [3.63, 3.8) is 0 Å². The van der Waals surface area contributed by atoms with Gasteiger partial charge in [-0.05, 0) is 34.6 Å². The maximum atomic E-state index is 11.9. The van der Waals surface area contributed by atoms with Crippen LogP contribution < -0.4 is 38.8 Å². The Morgan fingerprint density at radius 2 is 1.84 bits per heavy atom. The number of carbonyl (C=O) groups excluding carboxylic acids is 1. The molecular weight excluding hydrogens is 545 g/mol. The molecule has 0 spiro atoms. The molecular formula is C22H36IN3O5S. The van der Waals surface area contributed by atoms with Gasteiger partial charge in [0.05, 0.1) is 37.5 Å². The number of carbonyl (C=O) groups is 1. The molecule has 0 fully saturated rings. The molecule has 1 aromatic heterocycles. The first-order valence-corrected chi connectivity index (χ1v) is 11.5. The van der Waals surface area contributed by atoms with E-state index < -0.39 is 11.7 Å². The Bertz CT molecular complexity index is 865. The van der Waals surface area contributed by atoms with Gasteiger partial charge < -0.3 is 43.5 Å². The van der Waals surface area contributed by atoms with E-state index in [4.69, 9.17) is 19.0 Å². The van der Waals surface area contributed by atoms with E-state index in [0.29, 0.717) is 35.9 Å². The molecule has 0 radical (unpaired) electrons. The number of methoxy groups -OCH3 is 1. The number of benzene rings is 1. The minimum atomic E-state index is -0.535. The summed E-state index contributed by atoms with van der Waals surface area (Å²) in [5.74, 6) is 1.31. The Hall–Kier alpha value is -1.37. The molecule has 0 saturated heterocycles. The predicted molar refractivity (Wildman–Crippen MR) is 123 cm³/mol. The summed E-state index contributed by atoms with van der Waals surface area (Å²) < 4.78 is 18.3. The summed E-state index contributed by atoms with van der Waals surface area (Å²) >= 11 is 1.50. The Morgan fingerprint density at radius 1 is 1.16 bits per heavy atom. The molecule has 0 unspecified atom stereocenters. The van der Waals surface area contributed by atoms with Crippen LogP contribution in [0.25, 0.3) is 10.2 Å². The fourth-order valence-electron chi connectivity index (χ4n) is 2.73. The number of nitrogens with one attached hydrogen (secondary N) is 1. The highest BCUT2D eigenvalue weighted by Crippen LogP contribution is 2.35. The average molecular weight is 582 g/mol.